The van der Waals surface area contributed by atoms with Crippen molar-refractivity contribution in [2.45, 2.75) is 39.8 Å². The first kappa shape index (κ1) is 17.3. The van der Waals surface area contributed by atoms with Crippen molar-refractivity contribution in [3.05, 3.63) is 46.8 Å². The summed E-state index contributed by atoms with van der Waals surface area (Å²) >= 11 is 0. The Labute approximate surface area is 157 Å². The second-order valence-corrected chi connectivity index (χ2v) is 6.76. The van der Waals surface area contributed by atoms with Crippen molar-refractivity contribution < 1.29 is 14.3 Å². The van der Waals surface area contributed by atoms with E-state index in [9.17, 15) is 4.79 Å². The Hall–Kier alpha value is -3.09. The van der Waals surface area contributed by atoms with Crippen molar-refractivity contribution in [1.29, 1.82) is 0 Å². The first-order valence-electron chi connectivity index (χ1n) is 9.09. The minimum Gasteiger partial charge on any atom is -0.494 e. The molecule has 3 heterocycles. The lowest BCUT2D eigenvalue weighted by Crippen LogP contribution is -2.23. The Bertz CT molecular complexity index is 1010. The molecule has 1 aliphatic rings. The maximum Gasteiger partial charge on any atom is 0.253 e. The number of H-pyrrole nitrogens is 1. The van der Waals surface area contributed by atoms with Crippen LogP contribution in [0.25, 0.3) is 11.0 Å². The SMILES string of the molecule is CCOc1cc2c(cc1CNC(=O)c1cnc3n[nH]c(C)c3c1)O[C@@H](C)C2. The van der Waals surface area contributed by atoms with Gasteiger partial charge in [0.05, 0.1) is 12.2 Å². The molecule has 1 amide bonds. The third-order valence-electron chi connectivity index (χ3n) is 4.68. The van der Waals surface area contributed by atoms with E-state index in [0.29, 0.717) is 24.4 Å². The molecule has 3 aromatic rings. The molecule has 0 saturated heterocycles. The van der Waals surface area contributed by atoms with Crippen LogP contribution in [-0.4, -0.2) is 33.8 Å². The number of ether oxygens (including phenoxy) is 2. The van der Waals surface area contributed by atoms with Crippen molar-refractivity contribution in [2.24, 2.45) is 0 Å². The monoisotopic (exact) mass is 366 g/mol. The number of pyridine rings is 1. The number of aromatic amines is 1. The van der Waals surface area contributed by atoms with Crippen LogP contribution in [0.3, 0.4) is 0 Å². The van der Waals surface area contributed by atoms with Gasteiger partial charge in [-0.15, -0.1) is 0 Å². The molecule has 140 valence electrons. The molecule has 4 rings (SSSR count). The summed E-state index contributed by atoms with van der Waals surface area (Å²) in [5, 5.41) is 10.8. The number of rotatable bonds is 5. The standard InChI is InChI=1S/C20H22N4O3/c1-4-26-17-7-13-5-11(2)27-18(13)8-14(17)9-22-20(25)15-6-16-12(3)23-24-19(16)21-10-15/h6-8,10-11H,4-5,9H2,1-3H3,(H,22,25)(H,21,23,24)/t11-/m0/s1. The highest BCUT2D eigenvalue weighted by molar-refractivity contribution is 5.97. The fourth-order valence-corrected chi connectivity index (χ4v) is 3.33. The number of aromatic nitrogens is 3. The number of nitrogens with zero attached hydrogens (tertiary/aromatic N) is 2. The van der Waals surface area contributed by atoms with E-state index in [0.717, 1.165) is 40.1 Å². The van der Waals surface area contributed by atoms with Crippen molar-refractivity contribution in [1.82, 2.24) is 20.5 Å². The summed E-state index contributed by atoms with van der Waals surface area (Å²) in [7, 11) is 0. The first-order chi connectivity index (χ1) is 13.0. The molecular formula is C20H22N4O3. The van der Waals surface area contributed by atoms with Crippen LogP contribution in [0.15, 0.2) is 24.4 Å². The van der Waals surface area contributed by atoms with E-state index in [2.05, 4.69) is 20.5 Å². The number of aryl methyl sites for hydroxylation is 1. The fourth-order valence-electron chi connectivity index (χ4n) is 3.33. The molecule has 0 bridgehead atoms. The molecule has 1 aliphatic heterocycles. The maximum absolute atomic E-state index is 12.6. The largest absolute Gasteiger partial charge is 0.494 e. The van der Waals surface area contributed by atoms with Crippen molar-refractivity contribution in [3.8, 4) is 11.5 Å². The number of hydrogen-bond donors (Lipinski definition) is 2. The van der Waals surface area contributed by atoms with Gasteiger partial charge in [0.15, 0.2) is 5.65 Å². The smallest absolute Gasteiger partial charge is 0.253 e. The van der Waals surface area contributed by atoms with Crippen LogP contribution in [-0.2, 0) is 13.0 Å². The second-order valence-electron chi connectivity index (χ2n) is 6.76. The molecule has 2 N–H and O–H groups in total. The van der Waals surface area contributed by atoms with Gasteiger partial charge in [0.25, 0.3) is 5.91 Å². The number of benzene rings is 1. The Balaban J connectivity index is 1.54. The Morgan fingerprint density at radius 3 is 3.07 bits per heavy atom. The van der Waals surface area contributed by atoms with E-state index >= 15 is 0 Å². The van der Waals surface area contributed by atoms with Gasteiger partial charge in [-0.05, 0) is 39.0 Å². The van der Waals surface area contributed by atoms with Gasteiger partial charge in [0, 0.05) is 41.4 Å². The number of nitrogens with one attached hydrogen (secondary N) is 2. The van der Waals surface area contributed by atoms with E-state index in [1.54, 1.807) is 6.07 Å². The Morgan fingerprint density at radius 2 is 2.26 bits per heavy atom. The van der Waals surface area contributed by atoms with Crippen LogP contribution in [0.2, 0.25) is 0 Å². The lowest BCUT2D eigenvalue weighted by atomic mass is 10.1. The van der Waals surface area contributed by atoms with Crippen molar-refractivity contribution in [2.75, 3.05) is 6.61 Å². The van der Waals surface area contributed by atoms with Crippen molar-refractivity contribution >= 4 is 16.9 Å². The summed E-state index contributed by atoms with van der Waals surface area (Å²) < 4.78 is 11.6. The molecule has 7 heteroatoms. The highest BCUT2D eigenvalue weighted by atomic mass is 16.5. The molecule has 27 heavy (non-hydrogen) atoms. The second kappa shape index (κ2) is 6.90. The number of hydrogen-bond acceptors (Lipinski definition) is 5. The van der Waals surface area contributed by atoms with Crippen LogP contribution in [0.5, 0.6) is 11.5 Å². The predicted molar refractivity (Wildman–Crippen MR) is 101 cm³/mol. The normalized spacial score (nSPS) is 15.4. The predicted octanol–water partition coefficient (Wildman–Crippen LogP) is 2.92. The topological polar surface area (TPSA) is 89.1 Å². The lowest BCUT2D eigenvalue weighted by Gasteiger charge is -2.13. The zero-order chi connectivity index (χ0) is 19.0. The summed E-state index contributed by atoms with van der Waals surface area (Å²) in [5.41, 5.74) is 4.02. The summed E-state index contributed by atoms with van der Waals surface area (Å²) in [6, 6.07) is 5.78. The van der Waals surface area contributed by atoms with Gasteiger partial charge in [-0.2, -0.15) is 5.10 Å². The summed E-state index contributed by atoms with van der Waals surface area (Å²) in [6.07, 6.45) is 2.57. The van der Waals surface area contributed by atoms with Gasteiger partial charge in [-0.3, -0.25) is 9.89 Å². The fraction of sp³-hybridized carbons (Fsp3) is 0.350. The Morgan fingerprint density at radius 1 is 1.41 bits per heavy atom. The third kappa shape index (κ3) is 3.32. The lowest BCUT2D eigenvalue weighted by molar-refractivity contribution is 0.0950. The van der Waals surface area contributed by atoms with Gasteiger partial charge in [-0.25, -0.2) is 4.98 Å². The summed E-state index contributed by atoms with van der Waals surface area (Å²) in [4.78, 5) is 16.8. The third-order valence-corrected chi connectivity index (χ3v) is 4.68. The average molecular weight is 366 g/mol. The van der Waals surface area contributed by atoms with Crippen LogP contribution >= 0.6 is 0 Å². The van der Waals surface area contributed by atoms with E-state index < -0.39 is 0 Å². The number of carbonyl (C=O) groups is 1. The van der Waals surface area contributed by atoms with Gasteiger partial charge < -0.3 is 14.8 Å². The minimum absolute atomic E-state index is 0.162. The summed E-state index contributed by atoms with van der Waals surface area (Å²) in [6.45, 7) is 6.81. The molecule has 0 aliphatic carbocycles. The molecule has 1 aromatic carbocycles. The highest BCUT2D eigenvalue weighted by Gasteiger charge is 2.22. The highest BCUT2D eigenvalue weighted by Crippen LogP contribution is 2.35. The summed E-state index contributed by atoms with van der Waals surface area (Å²) in [5.74, 6) is 1.46. The van der Waals surface area contributed by atoms with Crippen LogP contribution in [0, 0.1) is 6.92 Å². The number of fused-ring (bicyclic) bond motifs is 2. The quantitative estimate of drug-likeness (QED) is 0.725. The van der Waals surface area contributed by atoms with E-state index in [-0.39, 0.29) is 12.0 Å². The van der Waals surface area contributed by atoms with Gasteiger partial charge >= 0.3 is 0 Å². The number of carbonyl (C=O) groups excluding carboxylic acids is 1. The zero-order valence-corrected chi connectivity index (χ0v) is 15.6. The van der Waals surface area contributed by atoms with Gasteiger partial charge in [-0.1, -0.05) is 0 Å². The Kier molecular flexibility index (Phi) is 4.43. The zero-order valence-electron chi connectivity index (χ0n) is 15.6. The van der Waals surface area contributed by atoms with E-state index in [1.807, 2.05) is 32.9 Å². The molecule has 7 nitrogen and oxygen atoms in total. The van der Waals surface area contributed by atoms with E-state index in [1.165, 1.54) is 6.20 Å². The average Bonchev–Trinajstić information content (AvgIpc) is 3.21. The maximum atomic E-state index is 12.6. The van der Waals surface area contributed by atoms with Crippen molar-refractivity contribution in [3.63, 3.8) is 0 Å². The van der Waals surface area contributed by atoms with Crippen LogP contribution in [0.4, 0.5) is 0 Å². The van der Waals surface area contributed by atoms with Crippen LogP contribution < -0.4 is 14.8 Å². The van der Waals surface area contributed by atoms with Gasteiger partial charge in [0.1, 0.15) is 17.6 Å². The van der Waals surface area contributed by atoms with Crippen LogP contribution in [0.1, 0.15) is 41.0 Å². The molecule has 0 spiro atoms. The molecule has 1 atom stereocenters. The first-order valence-corrected chi connectivity index (χ1v) is 9.09. The molecule has 2 aromatic heterocycles. The minimum atomic E-state index is -0.192. The van der Waals surface area contributed by atoms with Gasteiger partial charge in [0.2, 0.25) is 0 Å². The van der Waals surface area contributed by atoms with E-state index in [4.69, 9.17) is 9.47 Å². The molecule has 0 fully saturated rings. The molecule has 0 saturated carbocycles. The molecule has 0 unspecified atom stereocenters. The molecule has 0 radical (unpaired) electrons. The molecular weight excluding hydrogens is 344 g/mol. The number of amides is 1.